The molecule has 0 radical (unpaired) electrons. The number of hydrogen-bond acceptors (Lipinski definition) is 7. The molecule has 3 heterocycles. The minimum atomic E-state index is 0.0121. The lowest BCUT2D eigenvalue weighted by Gasteiger charge is -2.38. The van der Waals surface area contributed by atoms with Crippen LogP contribution < -0.4 is 10.6 Å². The second-order valence-corrected chi connectivity index (χ2v) is 10.9. The Balaban J connectivity index is 1.14. The number of likely N-dealkylation sites (tertiary alicyclic amines) is 1. The molecular formula is C29H41N5O3. The summed E-state index contributed by atoms with van der Waals surface area (Å²) in [5.74, 6) is 2.72. The fraction of sp³-hybridized carbons (Fsp3) is 0.621. The Morgan fingerprint density at radius 1 is 1.11 bits per heavy atom. The zero-order valence-corrected chi connectivity index (χ0v) is 22.4. The number of carbonyl (C=O) groups is 1. The molecule has 0 bridgehead atoms. The van der Waals surface area contributed by atoms with Gasteiger partial charge in [-0.2, -0.15) is 0 Å². The first kappa shape index (κ1) is 26.1. The van der Waals surface area contributed by atoms with Gasteiger partial charge in [-0.1, -0.05) is 30.3 Å². The number of amides is 1. The second kappa shape index (κ2) is 11.9. The highest BCUT2D eigenvalue weighted by atomic mass is 16.5. The van der Waals surface area contributed by atoms with Crippen LogP contribution in [0, 0.1) is 19.8 Å². The Bertz CT molecular complexity index is 1050. The largest absolute Gasteiger partial charge is 0.379 e. The van der Waals surface area contributed by atoms with Crippen molar-refractivity contribution in [2.75, 3.05) is 45.3 Å². The van der Waals surface area contributed by atoms with Crippen LogP contribution >= 0.6 is 0 Å². The molecule has 0 spiro atoms. The van der Waals surface area contributed by atoms with Crippen LogP contribution in [0.3, 0.4) is 0 Å². The summed E-state index contributed by atoms with van der Waals surface area (Å²) in [6.45, 7) is 7.57. The van der Waals surface area contributed by atoms with E-state index in [1.54, 1.807) is 7.11 Å². The van der Waals surface area contributed by atoms with Crippen LogP contribution in [0.15, 0.2) is 30.3 Å². The van der Waals surface area contributed by atoms with Gasteiger partial charge in [-0.05, 0) is 63.4 Å². The van der Waals surface area contributed by atoms with Crippen LogP contribution in [-0.4, -0.2) is 78.9 Å². The molecule has 37 heavy (non-hydrogen) atoms. The van der Waals surface area contributed by atoms with Gasteiger partial charge in [0, 0.05) is 51.0 Å². The van der Waals surface area contributed by atoms with Crippen molar-refractivity contribution in [1.29, 1.82) is 0 Å². The molecule has 2 saturated heterocycles. The molecule has 2 aliphatic heterocycles. The van der Waals surface area contributed by atoms with Crippen LogP contribution in [0.4, 0.5) is 5.82 Å². The zero-order valence-electron chi connectivity index (χ0n) is 22.4. The molecule has 3 fully saturated rings. The first-order chi connectivity index (χ1) is 18.0. The molecule has 2 N–H and O–H groups in total. The van der Waals surface area contributed by atoms with Gasteiger partial charge in [0.25, 0.3) is 5.91 Å². The van der Waals surface area contributed by atoms with E-state index in [-0.39, 0.29) is 12.0 Å². The quantitative estimate of drug-likeness (QED) is 0.563. The number of benzene rings is 1. The summed E-state index contributed by atoms with van der Waals surface area (Å²) in [4.78, 5) is 24.6. The Labute approximate surface area is 220 Å². The van der Waals surface area contributed by atoms with Crippen molar-refractivity contribution in [3.8, 4) is 0 Å². The van der Waals surface area contributed by atoms with Gasteiger partial charge in [0.1, 0.15) is 17.3 Å². The summed E-state index contributed by atoms with van der Waals surface area (Å²) < 4.78 is 11.1. The first-order valence-electron chi connectivity index (χ1n) is 13.8. The number of ether oxygens (including phenoxy) is 2. The summed E-state index contributed by atoms with van der Waals surface area (Å²) in [5.41, 5.74) is 2.81. The third-order valence-corrected chi connectivity index (χ3v) is 8.36. The molecule has 1 aromatic carbocycles. The molecule has 1 aromatic heterocycles. The maximum absolute atomic E-state index is 13.5. The van der Waals surface area contributed by atoms with E-state index in [4.69, 9.17) is 9.47 Å². The molecule has 2 atom stereocenters. The monoisotopic (exact) mass is 507 g/mol. The summed E-state index contributed by atoms with van der Waals surface area (Å²) in [5, 5.41) is 7.30. The van der Waals surface area contributed by atoms with Gasteiger partial charge < -0.3 is 25.0 Å². The van der Waals surface area contributed by atoms with Gasteiger partial charge in [0.2, 0.25) is 0 Å². The highest BCUT2D eigenvalue weighted by Gasteiger charge is 2.32. The molecule has 8 heteroatoms. The van der Waals surface area contributed by atoms with Crippen molar-refractivity contribution in [2.24, 2.45) is 5.92 Å². The van der Waals surface area contributed by atoms with Crippen LogP contribution in [0.25, 0.3) is 0 Å². The van der Waals surface area contributed by atoms with Gasteiger partial charge >= 0.3 is 0 Å². The minimum absolute atomic E-state index is 0.0121. The number of methoxy groups -OCH3 is 1. The number of piperidine rings is 1. The van der Waals surface area contributed by atoms with Crippen LogP contribution in [0.1, 0.15) is 65.5 Å². The van der Waals surface area contributed by atoms with Crippen molar-refractivity contribution < 1.29 is 14.3 Å². The van der Waals surface area contributed by atoms with Crippen molar-refractivity contribution in [2.45, 2.75) is 70.1 Å². The number of aryl methyl sites for hydroxylation is 1. The van der Waals surface area contributed by atoms with Crippen LogP contribution in [-0.2, 0) is 9.47 Å². The van der Waals surface area contributed by atoms with E-state index >= 15 is 0 Å². The number of carbonyl (C=O) groups excluding carboxylic acids is 1. The number of hydrogen-bond donors (Lipinski definition) is 2. The number of aromatic nitrogens is 2. The van der Waals surface area contributed by atoms with Crippen LogP contribution in [0.5, 0.6) is 0 Å². The fourth-order valence-electron chi connectivity index (χ4n) is 5.99. The first-order valence-corrected chi connectivity index (χ1v) is 13.8. The van der Waals surface area contributed by atoms with Gasteiger partial charge in [-0.25, -0.2) is 9.97 Å². The molecule has 1 saturated carbocycles. The number of nitrogens with zero attached hydrogens (tertiary/aromatic N) is 3. The fourth-order valence-corrected chi connectivity index (χ4v) is 5.99. The summed E-state index contributed by atoms with van der Waals surface area (Å²) in [7, 11) is 1.75. The lowest BCUT2D eigenvalue weighted by molar-refractivity contribution is -0.0533. The van der Waals surface area contributed by atoms with E-state index in [0.717, 1.165) is 56.9 Å². The van der Waals surface area contributed by atoms with Gasteiger partial charge in [0.15, 0.2) is 0 Å². The Kier molecular flexibility index (Phi) is 8.37. The third kappa shape index (κ3) is 6.13. The number of anilines is 1. The summed E-state index contributed by atoms with van der Waals surface area (Å²) in [6, 6.07) is 11.5. The molecule has 1 aliphatic carbocycles. The van der Waals surface area contributed by atoms with Gasteiger partial charge in [-0.15, -0.1) is 0 Å². The van der Waals surface area contributed by atoms with E-state index in [1.165, 1.54) is 18.4 Å². The van der Waals surface area contributed by atoms with E-state index in [0.29, 0.717) is 42.0 Å². The lowest BCUT2D eigenvalue weighted by atomic mass is 9.71. The smallest absolute Gasteiger partial charge is 0.272 e. The topological polar surface area (TPSA) is 88.6 Å². The van der Waals surface area contributed by atoms with Crippen LogP contribution in [0.2, 0.25) is 0 Å². The molecule has 200 valence electrons. The Morgan fingerprint density at radius 3 is 2.59 bits per heavy atom. The van der Waals surface area contributed by atoms with Crippen molar-refractivity contribution in [3.63, 3.8) is 0 Å². The second-order valence-electron chi connectivity index (χ2n) is 10.9. The van der Waals surface area contributed by atoms with E-state index in [9.17, 15) is 4.79 Å². The van der Waals surface area contributed by atoms with Crippen molar-refractivity contribution >= 4 is 11.7 Å². The zero-order chi connectivity index (χ0) is 25.8. The molecule has 5 rings (SSSR count). The standard InChI is InChI=1S/C29H41N5O3/c1-19-27(29(35)34-12-9-24(10-13-34)33-25-11-14-37-18-26(25)36-3)31-20(2)32-28(19)30-17-21-15-23(16-21)22-7-5-4-6-8-22/h4-8,21,23-26,33H,9-18H2,1-3H3,(H,30,31,32)/t21-,23+,25-,26+/m1/s1. The maximum atomic E-state index is 13.5. The minimum Gasteiger partial charge on any atom is -0.379 e. The number of rotatable bonds is 8. The van der Waals surface area contributed by atoms with Crippen molar-refractivity contribution in [1.82, 2.24) is 20.2 Å². The predicted molar refractivity (Wildman–Crippen MR) is 144 cm³/mol. The van der Waals surface area contributed by atoms with E-state index in [1.807, 2.05) is 18.7 Å². The highest BCUT2D eigenvalue weighted by Crippen LogP contribution is 2.41. The van der Waals surface area contributed by atoms with Crippen molar-refractivity contribution in [3.05, 3.63) is 53.0 Å². The highest BCUT2D eigenvalue weighted by molar-refractivity contribution is 5.94. The average molecular weight is 508 g/mol. The lowest BCUT2D eigenvalue weighted by Crippen LogP contribution is -2.54. The third-order valence-electron chi connectivity index (χ3n) is 8.36. The van der Waals surface area contributed by atoms with Gasteiger partial charge in [-0.3, -0.25) is 4.79 Å². The number of nitrogens with one attached hydrogen (secondary N) is 2. The molecule has 8 nitrogen and oxygen atoms in total. The Morgan fingerprint density at radius 2 is 1.86 bits per heavy atom. The van der Waals surface area contributed by atoms with E-state index < -0.39 is 0 Å². The molecular weight excluding hydrogens is 466 g/mol. The summed E-state index contributed by atoms with van der Waals surface area (Å²) in [6.07, 6.45) is 5.29. The maximum Gasteiger partial charge on any atom is 0.272 e. The normalized spacial score (nSPS) is 26.5. The molecule has 0 unspecified atom stereocenters. The molecule has 2 aromatic rings. The average Bonchev–Trinajstić information content (AvgIpc) is 2.90. The molecule has 1 amide bonds. The predicted octanol–water partition coefficient (Wildman–Crippen LogP) is 3.70. The van der Waals surface area contributed by atoms with E-state index in [2.05, 4.69) is 50.9 Å². The summed E-state index contributed by atoms with van der Waals surface area (Å²) >= 11 is 0. The Hall–Kier alpha value is -2.55. The molecule has 3 aliphatic rings. The SMILES string of the molecule is CO[C@H]1COCC[C@H]1NC1CCN(C(=O)c2nc(C)nc(NC[C@H]3C[C@@H](c4ccccc4)C3)c2C)CC1. The van der Waals surface area contributed by atoms with Gasteiger partial charge in [0.05, 0.1) is 12.7 Å².